The number of hydrogen-bond donors (Lipinski definition) is 1. The van der Waals surface area contributed by atoms with E-state index >= 15 is 0 Å². The Labute approximate surface area is 116 Å². The van der Waals surface area contributed by atoms with Crippen LogP contribution in [0, 0.1) is 5.92 Å². The number of methoxy groups -OCH3 is 1. The molecule has 1 N–H and O–H groups in total. The number of aromatic nitrogens is 1. The van der Waals surface area contributed by atoms with Crippen molar-refractivity contribution in [3.63, 3.8) is 0 Å². The summed E-state index contributed by atoms with van der Waals surface area (Å²) in [5, 5.41) is 4.25. The normalized spacial score (nSPS) is 14.8. The molecule has 1 heterocycles. The summed E-state index contributed by atoms with van der Waals surface area (Å²) in [4.78, 5) is 4.53. The van der Waals surface area contributed by atoms with Crippen LogP contribution < -0.4 is 10.1 Å². The van der Waals surface area contributed by atoms with Crippen molar-refractivity contribution in [2.24, 2.45) is 5.92 Å². The van der Waals surface area contributed by atoms with Gasteiger partial charge in [-0.1, -0.05) is 11.3 Å². The Balaban J connectivity index is 1.52. The molecule has 1 aliphatic carbocycles. The average molecular weight is 278 g/mol. The van der Waals surface area contributed by atoms with Gasteiger partial charge in [-0.15, -0.1) is 0 Å². The van der Waals surface area contributed by atoms with E-state index in [4.69, 9.17) is 9.47 Å². The highest BCUT2D eigenvalue weighted by molar-refractivity contribution is 7.22. The van der Waals surface area contributed by atoms with Gasteiger partial charge < -0.3 is 14.8 Å². The van der Waals surface area contributed by atoms with Crippen LogP contribution in [0.5, 0.6) is 5.75 Å². The van der Waals surface area contributed by atoms with Gasteiger partial charge in [0.05, 0.1) is 23.9 Å². The van der Waals surface area contributed by atoms with Crippen LogP contribution in [-0.4, -0.2) is 31.9 Å². The lowest BCUT2D eigenvalue weighted by atomic mass is 10.3. The van der Waals surface area contributed by atoms with Gasteiger partial charge >= 0.3 is 0 Å². The predicted molar refractivity (Wildman–Crippen MR) is 78.2 cm³/mol. The Kier molecular flexibility index (Phi) is 3.84. The first-order valence-corrected chi connectivity index (χ1v) is 7.43. The monoisotopic (exact) mass is 278 g/mol. The highest BCUT2D eigenvalue weighted by Gasteiger charge is 2.20. The molecule has 1 saturated carbocycles. The maximum atomic E-state index is 5.58. The van der Waals surface area contributed by atoms with Gasteiger partial charge in [0.15, 0.2) is 5.13 Å². The summed E-state index contributed by atoms with van der Waals surface area (Å²) in [6.45, 7) is 2.47. The molecular weight excluding hydrogens is 260 g/mol. The van der Waals surface area contributed by atoms with Crippen LogP contribution in [0.25, 0.3) is 10.2 Å². The minimum Gasteiger partial charge on any atom is -0.497 e. The summed E-state index contributed by atoms with van der Waals surface area (Å²) in [6, 6.07) is 5.94. The van der Waals surface area contributed by atoms with Crippen molar-refractivity contribution in [2.75, 3.05) is 32.2 Å². The van der Waals surface area contributed by atoms with Gasteiger partial charge in [-0.3, -0.25) is 0 Å². The molecule has 0 aliphatic heterocycles. The number of anilines is 1. The molecule has 3 rings (SSSR count). The molecule has 4 nitrogen and oxygen atoms in total. The van der Waals surface area contributed by atoms with Gasteiger partial charge in [0.2, 0.25) is 0 Å². The molecule has 0 amide bonds. The molecule has 5 heteroatoms. The number of fused-ring (bicyclic) bond motifs is 1. The summed E-state index contributed by atoms with van der Waals surface area (Å²) < 4.78 is 11.9. The van der Waals surface area contributed by atoms with Crippen LogP contribution in [0.1, 0.15) is 12.8 Å². The Morgan fingerprint density at radius 1 is 1.42 bits per heavy atom. The third-order valence-electron chi connectivity index (χ3n) is 3.17. The van der Waals surface area contributed by atoms with Gasteiger partial charge in [-0.2, -0.15) is 0 Å². The molecule has 0 radical (unpaired) electrons. The number of nitrogens with zero attached hydrogens (tertiary/aromatic N) is 1. The van der Waals surface area contributed by atoms with Crippen LogP contribution in [0.15, 0.2) is 18.2 Å². The molecule has 1 aromatic heterocycles. The van der Waals surface area contributed by atoms with Crippen LogP contribution >= 0.6 is 11.3 Å². The molecule has 0 atom stereocenters. The molecule has 19 heavy (non-hydrogen) atoms. The summed E-state index contributed by atoms with van der Waals surface area (Å²) in [6.07, 6.45) is 2.68. The van der Waals surface area contributed by atoms with E-state index in [1.807, 2.05) is 18.2 Å². The SMILES string of the molecule is COc1ccc2nc(NCCOCC3CC3)sc2c1. The third-order valence-corrected chi connectivity index (χ3v) is 4.14. The van der Waals surface area contributed by atoms with Crippen molar-refractivity contribution in [3.05, 3.63) is 18.2 Å². The van der Waals surface area contributed by atoms with Crippen LogP contribution in [0.2, 0.25) is 0 Å². The minimum absolute atomic E-state index is 0.746. The van der Waals surface area contributed by atoms with Gasteiger partial charge in [-0.05, 0) is 37.0 Å². The molecule has 0 bridgehead atoms. The fourth-order valence-electron chi connectivity index (χ4n) is 1.87. The van der Waals surface area contributed by atoms with Crippen molar-refractivity contribution in [1.82, 2.24) is 4.98 Å². The number of ether oxygens (including phenoxy) is 2. The second-order valence-electron chi connectivity index (χ2n) is 4.80. The zero-order chi connectivity index (χ0) is 13.1. The fraction of sp³-hybridized carbons (Fsp3) is 0.500. The molecular formula is C14H18N2O2S. The zero-order valence-corrected chi connectivity index (χ0v) is 11.8. The van der Waals surface area contributed by atoms with Gasteiger partial charge in [0.25, 0.3) is 0 Å². The highest BCUT2D eigenvalue weighted by Crippen LogP contribution is 2.29. The fourth-order valence-corrected chi connectivity index (χ4v) is 2.79. The van der Waals surface area contributed by atoms with E-state index in [0.717, 1.165) is 46.8 Å². The van der Waals surface area contributed by atoms with Gasteiger partial charge in [0, 0.05) is 13.2 Å². The molecule has 1 aromatic carbocycles. The second kappa shape index (κ2) is 5.75. The smallest absolute Gasteiger partial charge is 0.183 e. The maximum Gasteiger partial charge on any atom is 0.183 e. The van der Waals surface area contributed by atoms with Crippen molar-refractivity contribution in [2.45, 2.75) is 12.8 Å². The van der Waals surface area contributed by atoms with Crippen molar-refractivity contribution in [3.8, 4) is 5.75 Å². The summed E-state index contributed by atoms with van der Waals surface area (Å²) >= 11 is 1.65. The predicted octanol–water partition coefficient (Wildman–Crippen LogP) is 3.14. The Morgan fingerprint density at radius 3 is 3.11 bits per heavy atom. The minimum atomic E-state index is 0.746. The van der Waals surface area contributed by atoms with Crippen molar-refractivity contribution >= 4 is 26.7 Å². The van der Waals surface area contributed by atoms with Gasteiger partial charge in [0.1, 0.15) is 5.75 Å². The van der Waals surface area contributed by atoms with E-state index in [1.165, 1.54) is 12.8 Å². The molecule has 0 spiro atoms. The molecule has 1 fully saturated rings. The van der Waals surface area contributed by atoms with E-state index in [2.05, 4.69) is 10.3 Å². The lowest BCUT2D eigenvalue weighted by Crippen LogP contribution is -2.10. The molecule has 102 valence electrons. The molecule has 1 aliphatic rings. The molecule has 0 saturated heterocycles. The summed E-state index contributed by atoms with van der Waals surface area (Å²) in [5.41, 5.74) is 1.01. The van der Waals surface area contributed by atoms with E-state index in [0.29, 0.717) is 0 Å². The Morgan fingerprint density at radius 2 is 2.32 bits per heavy atom. The lowest BCUT2D eigenvalue weighted by molar-refractivity contribution is 0.134. The number of nitrogens with one attached hydrogen (secondary N) is 1. The van der Waals surface area contributed by atoms with E-state index in [1.54, 1.807) is 18.4 Å². The van der Waals surface area contributed by atoms with E-state index < -0.39 is 0 Å². The molecule has 0 unspecified atom stereocenters. The highest BCUT2D eigenvalue weighted by atomic mass is 32.1. The van der Waals surface area contributed by atoms with E-state index in [-0.39, 0.29) is 0 Å². The maximum absolute atomic E-state index is 5.58. The van der Waals surface area contributed by atoms with E-state index in [9.17, 15) is 0 Å². The van der Waals surface area contributed by atoms with Crippen molar-refractivity contribution in [1.29, 1.82) is 0 Å². The number of rotatable bonds is 7. The second-order valence-corrected chi connectivity index (χ2v) is 5.83. The van der Waals surface area contributed by atoms with Crippen LogP contribution in [-0.2, 0) is 4.74 Å². The first-order valence-electron chi connectivity index (χ1n) is 6.61. The number of hydrogen-bond acceptors (Lipinski definition) is 5. The van der Waals surface area contributed by atoms with Gasteiger partial charge in [-0.25, -0.2) is 4.98 Å². The zero-order valence-electron chi connectivity index (χ0n) is 11.0. The van der Waals surface area contributed by atoms with Crippen LogP contribution in [0.3, 0.4) is 0 Å². The lowest BCUT2D eigenvalue weighted by Gasteiger charge is -2.03. The standard InChI is InChI=1S/C14H18N2O2S/c1-17-11-4-5-12-13(8-11)19-14(16-12)15-6-7-18-9-10-2-3-10/h4-5,8,10H,2-3,6-7,9H2,1H3,(H,15,16). The number of thiazole rings is 1. The first kappa shape index (κ1) is 12.7. The Hall–Kier alpha value is -1.33. The molecule has 2 aromatic rings. The summed E-state index contributed by atoms with van der Waals surface area (Å²) in [7, 11) is 1.68. The number of benzene rings is 1. The topological polar surface area (TPSA) is 43.4 Å². The quantitative estimate of drug-likeness (QED) is 0.790. The summed E-state index contributed by atoms with van der Waals surface area (Å²) in [5.74, 6) is 1.70. The first-order chi connectivity index (χ1) is 9.35. The third kappa shape index (κ3) is 3.36. The van der Waals surface area contributed by atoms with Crippen LogP contribution in [0.4, 0.5) is 5.13 Å². The average Bonchev–Trinajstić information content (AvgIpc) is 3.16. The largest absolute Gasteiger partial charge is 0.497 e. The van der Waals surface area contributed by atoms with Crippen molar-refractivity contribution < 1.29 is 9.47 Å². The Bertz CT molecular complexity index is 551.